The lowest BCUT2D eigenvalue weighted by Crippen LogP contribution is -2.07. The van der Waals surface area contributed by atoms with E-state index >= 15 is 0 Å². The van der Waals surface area contributed by atoms with Gasteiger partial charge >= 0.3 is 0 Å². The Bertz CT molecular complexity index is 541. The summed E-state index contributed by atoms with van der Waals surface area (Å²) in [5.41, 5.74) is 3.48. The molecule has 0 aliphatic carbocycles. The van der Waals surface area contributed by atoms with E-state index in [0.717, 1.165) is 23.4 Å². The minimum atomic E-state index is 0.324. The van der Waals surface area contributed by atoms with Crippen molar-refractivity contribution in [3.63, 3.8) is 0 Å². The third-order valence-corrected chi connectivity index (χ3v) is 2.82. The Hall–Kier alpha value is -1.88. The number of ether oxygens (including phenoxy) is 1. The molecule has 1 N–H and O–H groups in total. The molecule has 0 fully saturated rings. The lowest BCUT2D eigenvalue weighted by Gasteiger charge is -2.13. The van der Waals surface area contributed by atoms with Gasteiger partial charge in [-0.05, 0) is 37.6 Å². The average Bonchev–Trinajstić information content (AvgIpc) is 2.74. The third kappa shape index (κ3) is 3.32. The van der Waals surface area contributed by atoms with E-state index in [4.69, 9.17) is 9.26 Å². The van der Waals surface area contributed by atoms with Gasteiger partial charge in [-0.25, -0.2) is 0 Å². The van der Waals surface area contributed by atoms with Crippen LogP contribution in [0.25, 0.3) is 0 Å². The summed E-state index contributed by atoms with van der Waals surface area (Å²) in [5, 5.41) is 6.96. The van der Waals surface area contributed by atoms with Gasteiger partial charge in [-0.3, -0.25) is 0 Å². The van der Waals surface area contributed by atoms with E-state index in [2.05, 4.69) is 27.6 Å². The lowest BCUT2D eigenvalue weighted by molar-refractivity contribution is 0.282. The Labute approximate surface area is 113 Å². The highest BCUT2D eigenvalue weighted by Gasteiger charge is 2.09. The molecule has 0 aliphatic heterocycles. The van der Waals surface area contributed by atoms with E-state index < -0.39 is 0 Å². The molecule has 1 aromatic heterocycles. The SMILES string of the molecule is CNCc1cc(C)c(OCc2noc(C)n2)c(C)c1. The second kappa shape index (κ2) is 5.84. The molecular weight excluding hydrogens is 242 g/mol. The molecule has 102 valence electrons. The first-order valence-corrected chi connectivity index (χ1v) is 6.27. The normalized spacial score (nSPS) is 10.7. The van der Waals surface area contributed by atoms with Gasteiger partial charge in [0.1, 0.15) is 5.75 Å². The summed E-state index contributed by atoms with van der Waals surface area (Å²) >= 11 is 0. The summed E-state index contributed by atoms with van der Waals surface area (Å²) in [6, 6.07) is 4.25. The molecule has 0 aliphatic rings. The van der Waals surface area contributed by atoms with Crippen LogP contribution < -0.4 is 10.1 Å². The van der Waals surface area contributed by atoms with Crippen molar-refractivity contribution in [3.8, 4) is 5.75 Å². The number of aryl methyl sites for hydroxylation is 3. The predicted octanol–water partition coefficient (Wildman–Crippen LogP) is 2.29. The van der Waals surface area contributed by atoms with Crippen molar-refractivity contribution in [2.24, 2.45) is 0 Å². The number of rotatable bonds is 5. The van der Waals surface area contributed by atoms with Crippen LogP contribution in [0.3, 0.4) is 0 Å². The fourth-order valence-corrected chi connectivity index (χ4v) is 2.11. The van der Waals surface area contributed by atoms with Crippen LogP contribution in [0, 0.1) is 20.8 Å². The number of hydrogen-bond acceptors (Lipinski definition) is 5. The first-order valence-electron chi connectivity index (χ1n) is 6.27. The maximum absolute atomic E-state index is 5.79. The van der Waals surface area contributed by atoms with Crippen molar-refractivity contribution in [1.82, 2.24) is 15.5 Å². The molecule has 1 aromatic carbocycles. The van der Waals surface area contributed by atoms with Crippen molar-refractivity contribution in [2.45, 2.75) is 33.9 Å². The molecule has 2 rings (SSSR count). The van der Waals surface area contributed by atoms with Crippen molar-refractivity contribution in [1.29, 1.82) is 0 Å². The molecule has 0 atom stereocenters. The first kappa shape index (κ1) is 13.5. The fraction of sp³-hybridized carbons (Fsp3) is 0.429. The first-order chi connectivity index (χ1) is 9.10. The monoisotopic (exact) mass is 261 g/mol. The van der Waals surface area contributed by atoms with Crippen LogP contribution in [-0.4, -0.2) is 17.2 Å². The van der Waals surface area contributed by atoms with E-state index in [1.807, 2.05) is 20.9 Å². The van der Waals surface area contributed by atoms with Crippen molar-refractivity contribution in [2.75, 3.05) is 7.05 Å². The van der Waals surface area contributed by atoms with Crippen LogP contribution in [0.2, 0.25) is 0 Å². The number of aromatic nitrogens is 2. The molecule has 2 aromatic rings. The third-order valence-electron chi connectivity index (χ3n) is 2.82. The zero-order valence-corrected chi connectivity index (χ0v) is 11.8. The van der Waals surface area contributed by atoms with Gasteiger partial charge in [-0.2, -0.15) is 4.98 Å². The van der Waals surface area contributed by atoms with Crippen LogP contribution in [0.4, 0.5) is 0 Å². The van der Waals surface area contributed by atoms with E-state index in [1.54, 1.807) is 6.92 Å². The highest BCUT2D eigenvalue weighted by molar-refractivity contribution is 5.43. The van der Waals surface area contributed by atoms with E-state index in [0.29, 0.717) is 18.3 Å². The van der Waals surface area contributed by atoms with E-state index in [9.17, 15) is 0 Å². The molecule has 5 nitrogen and oxygen atoms in total. The second-order valence-electron chi connectivity index (χ2n) is 4.61. The number of benzene rings is 1. The Morgan fingerprint density at radius 2 is 1.89 bits per heavy atom. The van der Waals surface area contributed by atoms with Crippen LogP contribution in [0.5, 0.6) is 5.75 Å². The fourth-order valence-electron chi connectivity index (χ4n) is 2.11. The van der Waals surface area contributed by atoms with Gasteiger partial charge in [0.15, 0.2) is 6.61 Å². The summed E-state index contributed by atoms with van der Waals surface area (Å²) in [4.78, 5) is 4.12. The average molecular weight is 261 g/mol. The molecule has 0 unspecified atom stereocenters. The highest BCUT2D eigenvalue weighted by atomic mass is 16.5. The minimum Gasteiger partial charge on any atom is -0.485 e. The molecular formula is C14H19N3O2. The Kier molecular flexibility index (Phi) is 4.16. The number of hydrogen-bond donors (Lipinski definition) is 1. The van der Waals surface area contributed by atoms with Gasteiger partial charge in [-0.1, -0.05) is 17.3 Å². The topological polar surface area (TPSA) is 60.2 Å². The number of nitrogens with one attached hydrogen (secondary N) is 1. The van der Waals surface area contributed by atoms with Gasteiger partial charge in [0.2, 0.25) is 11.7 Å². The maximum atomic E-state index is 5.79. The lowest BCUT2D eigenvalue weighted by atomic mass is 10.1. The molecule has 19 heavy (non-hydrogen) atoms. The minimum absolute atomic E-state index is 0.324. The molecule has 0 spiro atoms. The van der Waals surface area contributed by atoms with Gasteiger partial charge in [0.05, 0.1) is 0 Å². The molecule has 0 saturated heterocycles. The Morgan fingerprint density at radius 1 is 1.21 bits per heavy atom. The summed E-state index contributed by atoms with van der Waals surface area (Å²) < 4.78 is 10.7. The number of nitrogens with zero attached hydrogens (tertiary/aromatic N) is 2. The Morgan fingerprint density at radius 3 is 2.42 bits per heavy atom. The summed E-state index contributed by atoms with van der Waals surface area (Å²) in [7, 11) is 1.94. The molecule has 5 heteroatoms. The Balaban J connectivity index is 2.11. The quantitative estimate of drug-likeness (QED) is 0.894. The predicted molar refractivity (Wildman–Crippen MR) is 72.0 cm³/mol. The second-order valence-corrected chi connectivity index (χ2v) is 4.61. The molecule has 0 bridgehead atoms. The standard InChI is InChI=1S/C14H19N3O2/c1-9-5-12(7-15-4)6-10(2)14(9)18-8-13-16-11(3)19-17-13/h5-6,15H,7-8H2,1-4H3. The van der Waals surface area contributed by atoms with E-state index in [1.165, 1.54) is 5.56 Å². The van der Waals surface area contributed by atoms with Gasteiger partial charge in [0, 0.05) is 13.5 Å². The van der Waals surface area contributed by atoms with Crippen LogP contribution in [0.15, 0.2) is 16.7 Å². The highest BCUT2D eigenvalue weighted by Crippen LogP contribution is 2.25. The summed E-state index contributed by atoms with van der Waals surface area (Å²) in [5.74, 6) is 2.01. The van der Waals surface area contributed by atoms with Gasteiger partial charge in [0.25, 0.3) is 0 Å². The van der Waals surface area contributed by atoms with Crippen LogP contribution in [0.1, 0.15) is 28.4 Å². The maximum Gasteiger partial charge on any atom is 0.223 e. The zero-order chi connectivity index (χ0) is 13.8. The largest absolute Gasteiger partial charge is 0.485 e. The van der Waals surface area contributed by atoms with Crippen LogP contribution >= 0.6 is 0 Å². The van der Waals surface area contributed by atoms with Gasteiger partial charge < -0.3 is 14.6 Å². The van der Waals surface area contributed by atoms with Crippen molar-refractivity contribution >= 4 is 0 Å². The molecule has 0 saturated carbocycles. The van der Waals surface area contributed by atoms with Crippen molar-refractivity contribution in [3.05, 3.63) is 40.5 Å². The zero-order valence-electron chi connectivity index (χ0n) is 11.8. The molecule has 1 heterocycles. The smallest absolute Gasteiger partial charge is 0.223 e. The summed E-state index contributed by atoms with van der Waals surface area (Å²) in [6.45, 7) is 7.03. The molecule has 0 amide bonds. The van der Waals surface area contributed by atoms with Crippen molar-refractivity contribution < 1.29 is 9.26 Å². The summed E-state index contributed by atoms with van der Waals surface area (Å²) in [6.07, 6.45) is 0. The molecule has 0 radical (unpaired) electrons. The van der Waals surface area contributed by atoms with Gasteiger partial charge in [-0.15, -0.1) is 0 Å². The van der Waals surface area contributed by atoms with Crippen LogP contribution in [-0.2, 0) is 13.2 Å². The van der Waals surface area contributed by atoms with E-state index in [-0.39, 0.29) is 0 Å².